The number of hydrogen-bond donors (Lipinski definition) is 0. The van der Waals surface area contributed by atoms with E-state index in [1.54, 1.807) is 17.9 Å². The van der Waals surface area contributed by atoms with E-state index in [4.69, 9.17) is 9.57 Å². The number of methoxy groups -OCH3 is 1. The first-order valence-electron chi connectivity index (χ1n) is 5.13. The van der Waals surface area contributed by atoms with Crippen LogP contribution >= 0.6 is 0 Å². The zero-order valence-electron chi connectivity index (χ0n) is 9.77. The summed E-state index contributed by atoms with van der Waals surface area (Å²) in [6, 6.07) is 7.47. The van der Waals surface area contributed by atoms with Crippen molar-refractivity contribution in [2.45, 2.75) is 0 Å². The Hall–Kier alpha value is -2.23. The van der Waals surface area contributed by atoms with Gasteiger partial charge in [-0.25, -0.2) is 4.79 Å². The van der Waals surface area contributed by atoms with Gasteiger partial charge in [0.1, 0.15) is 7.11 Å². The number of benzene rings is 1. The van der Waals surface area contributed by atoms with Gasteiger partial charge >= 0.3 is 5.97 Å². The molecule has 4 nitrogen and oxygen atoms in total. The van der Waals surface area contributed by atoms with Crippen LogP contribution in [0.3, 0.4) is 0 Å². The van der Waals surface area contributed by atoms with Crippen LogP contribution in [0.5, 0.6) is 0 Å². The Morgan fingerprint density at radius 3 is 2.65 bits per heavy atom. The Bertz CT molecular complexity index is 584. The number of hydrogen-bond acceptors (Lipinski definition) is 3. The number of nitrogens with zero attached hydrogens (tertiary/aromatic N) is 1. The quantitative estimate of drug-likeness (QED) is 0.760. The van der Waals surface area contributed by atoms with E-state index < -0.39 is 5.97 Å². The van der Waals surface area contributed by atoms with Gasteiger partial charge in [-0.3, -0.25) is 0 Å². The standard InChI is InChI=1S/C13H13NO3/c1-4-10-12(13(15)16-2)9-7-5-6-8-11(9)14(10)17-3/h4-8H,1H2,2-3H3. The molecular formula is C13H13NO3. The van der Waals surface area contributed by atoms with E-state index in [1.807, 2.05) is 24.3 Å². The minimum atomic E-state index is -0.396. The molecule has 0 saturated carbocycles. The van der Waals surface area contributed by atoms with Crippen LogP contribution in [0.4, 0.5) is 0 Å². The van der Waals surface area contributed by atoms with Crippen molar-refractivity contribution in [1.29, 1.82) is 0 Å². The molecule has 1 aromatic heterocycles. The highest BCUT2D eigenvalue weighted by Gasteiger charge is 2.21. The normalized spacial score (nSPS) is 10.2. The monoisotopic (exact) mass is 231 g/mol. The molecule has 2 aromatic rings. The van der Waals surface area contributed by atoms with E-state index in [0.717, 1.165) is 10.9 Å². The first kappa shape index (κ1) is 11.3. The molecule has 1 aromatic carbocycles. The summed E-state index contributed by atoms with van der Waals surface area (Å²) in [6.45, 7) is 3.70. The average molecular weight is 231 g/mol. The molecule has 2 rings (SSSR count). The minimum absolute atomic E-state index is 0.396. The van der Waals surface area contributed by atoms with Crippen molar-refractivity contribution >= 4 is 22.9 Å². The van der Waals surface area contributed by atoms with Crippen LogP contribution in [-0.2, 0) is 4.74 Å². The molecule has 88 valence electrons. The summed E-state index contributed by atoms with van der Waals surface area (Å²) in [5.74, 6) is -0.396. The van der Waals surface area contributed by atoms with E-state index in [1.165, 1.54) is 7.11 Å². The second-order valence-electron chi connectivity index (χ2n) is 3.45. The predicted molar refractivity (Wildman–Crippen MR) is 65.9 cm³/mol. The van der Waals surface area contributed by atoms with Crippen molar-refractivity contribution in [2.75, 3.05) is 14.2 Å². The molecule has 0 radical (unpaired) electrons. The minimum Gasteiger partial charge on any atom is -0.465 e. The number of para-hydroxylation sites is 1. The second kappa shape index (κ2) is 4.33. The van der Waals surface area contributed by atoms with Crippen molar-refractivity contribution in [1.82, 2.24) is 4.73 Å². The van der Waals surface area contributed by atoms with Crippen LogP contribution in [0, 0.1) is 0 Å². The number of carbonyl (C=O) groups is 1. The lowest BCUT2D eigenvalue weighted by atomic mass is 10.1. The molecule has 0 unspecified atom stereocenters. The topological polar surface area (TPSA) is 40.5 Å². The number of ether oxygens (including phenoxy) is 1. The summed E-state index contributed by atoms with van der Waals surface area (Å²) in [7, 11) is 2.90. The zero-order chi connectivity index (χ0) is 12.4. The molecule has 1 heterocycles. The fourth-order valence-corrected chi connectivity index (χ4v) is 1.93. The lowest BCUT2D eigenvalue weighted by molar-refractivity contribution is 0.0600. The van der Waals surface area contributed by atoms with Crippen molar-refractivity contribution < 1.29 is 14.4 Å². The SMILES string of the molecule is C=Cc1c(C(=O)OC)c2ccccc2n1OC. The highest BCUT2D eigenvalue weighted by Crippen LogP contribution is 2.26. The van der Waals surface area contributed by atoms with E-state index >= 15 is 0 Å². The van der Waals surface area contributed by atoms with Crippen molar-refractivity contribution in [3.8, 4) is 0 Å². The fraction of sp³-hybridized carbons (Fsp3) is 0.154. The lowest BCUT2D eigenvalue weighted by Gasteiger charge is -2.05. The molecule has 17 heavy (non-hydrogen) atoms. The van der Waals surface area contributed by atoms with Gasteiger partial charge in [0.25, 0.3) is 0 Å². The smallest absolute Gasteiger partial charge is 0.340 e. The van der Waals surface area contributed by atoms with Crippen molar-refractivity contribution in [3.63, 3.8) is 0 Å². The summed E-state index contributed by atoms with van der Waals surface area (Å²) < 4.78 is 6.35. The molecule has 0 aliphatic carbocycles. The van der Waals surface area contributed by atoms with Gasteiger partial charge < -0.3 is 9.57 Å². The second-order valence-corrected chi connectivity index (χ2v) is 3.45. The third-order valence-corrected chi connectivity index (χ3v) is 2.63. The van der Waals surface area contributed by atoms with E-state index in [0.29, 0.717) is 11.3 Å². The highest BCUT2D eigenvalue weighted by molar-refractivity contribution is 6.07. The van der Waals surface area contributed by atoms with Crippen molar-refractivity contribution in [3.05, 3.63) is 42.1 Å². The maximum absolute atomic E-state index is 11.8. The number of aromatic nitrogens is 1. The molecule has 0 aliphatic rings. The van der Waals surface area contributed by atoms with Crippen LogP contribution < -0.4 is 4.84 Å². The number of rotatable bonds is 3. The molecule has 0 amide bonds. The van der Waals surface area contributed by atoms with Gasteiger partial charge in [0.15, 0.2) is 0 Å². The molecule has 0 atom stereocenters. The summed E-state index contributed by atoms with van der Waals surface area (Å²) in [5, 5.41) is 0.788. The van der Waals surface area contributed by atoms with Gasteiger partial charge in [-0.05, 0) is 12.1 Å². The fourth-order valence-electron chi connectivity index (χ4n) is 1.93. The van der Waals surface area contributed by atoms with Gasteiger partial charge in [0, 0.05) is 5.39 Å². The van der Waals surface area contributed by atoms with Crippen molar-refractivity contribution in [2.24, 2.45) is 0 Å². The maximum Gasteiger partial charge on any atom is 0.340 e. The molecule has 0 saturated heterocycles. The van der Waals surface area contributed by atoms with Gasteiger partial charge in [-0.15, -0.1) is 0 Å². The molecule has 0 bridgehead atoms. The van der Waals surface area contributed by atoms with E-state index in [-0.39, 0.29) is 0 Å². The first-order valence-corrected chi connectivity index (χ1v) is 5.13. The Morgan fingerprint density at radius 1 is 1.35 bits per heavy atom. The number of carbonyl (C=O) groups excluding carboxylic acids is 1. The van der Waals surface area contributed by atoms with Gasteiger partial charge in [-0.2, -0.15) is 4.73 Å². The molecule has 4 heteroatoms. The van der Waals surface area contributed by atoms with Crippen LogP contribution in [0.15, 0.2) is 30.8 Å². The lowest BCUT2D eigenvalue weighted by Crippen LogP contribution is -2.09. The Morgan fingerprint density at radius 2 is 2.06 bits per heavy atom. The Labute approximate surface area is 99.0 Å². The summed E-state index contributed by atoms with van der Waals surface area (Å²) in [6.07, 6.45) is 1.58. The summed E-state index contributed by atoms with van der Waals surface area (Å²) in [4.78, 5) is 17.1. The zero-order valence-corrected chi connectivity index (χ0v) is 9.77. The van der Waals surface area contributed by atoms with E-state index in [9.17, 15) is 4.79 Å². The largest absolute Gasteiger partial charge is 0.465 e. The van der Waals surface area contributed by atoms with Crippen LogP contribution in [0.25, 0.3) is 17.0 Å². The highest BCUT2D eigenvalue weighted by atomic mass is 16.6. The Balaban J connectivity index is 2.88. The molecule has 0 N–H and O–H groups in total. The molecule has 0 aliphatic heterocycles. The molecule has 0 spiro atoms. The molecular weight excluding hydrogens is 218 g/mol. The van der Waals surface area contributed by atoms with E-state index in [2.05, 4.69) is 6.58 Å². The molecule has 0 fully saturated rings. The van der Waals surface area contributed by atoms with Gasteiger partial charge in [0.2, 0.25) is 0 Å². The summed E-state index contributed by atoms with van der Waals surface area (Å²) in [5.41, 5.74) is 1.88. The Kier molecular flexibility index (Phi) is 2.87. The first-order chi connectivity index (χ1) is 8.24. The van der Waals surface area contributed by atoms with Crippen LogP contribution in [0.2, 0.25) is 0 Å². The summed E-state index contributed by atoms with van der Waals surface area (Å²) >= 11 is 0. The van der Waals surface area contributed by atoms with Crippen LogP contribution in [-0.4, -0.2) is 24.9 Å². The average Bonchev–Trinajstić information content (AvgIpc) is 2.71. The number of fused-ring (bicyclic) bond motifs is 1. The van der Waals surface area contributed by atoms with Crippen LogP contribution in [0.1, 0.15) is 16.1 Å². The predicted octanol–water partition coefficient (Wildman–Crippen LogP) is 2.13. The van der Waals surface area contributed by atoms with Gasteiger partial charge in [0.05, 0.1) is 23.9 Å². The number of esters is 1. The van der Waals surface area contributed by atoms with Gasteiger partial charge in [-0.1, -0.05) is 24.8 Å². The maximum atomic E-state index is 11.8. The third kappa shape index (κ3) is 1.58. The third-order valence-electron chi connectivity index (χ3n) is 2.63.